The topological polar surface area (TPSA) is 143 Å². The van der Waals surface area contributed by atoms with E-state index in [9.17, 15) is 4.79 Å². The number of nitrogens with zero attached hydrogens (tertiary/aromatic N) is 3. The number of carbonyl (C=O) groups is 1. The van der Waals surface area contributed by atoms with Crippen molar-refractivity contribution in [2.45, 2.75) is 19.4 Å². The zero-order valence-electron chi connectivity index (χ0n) is 15.9. The summed E-state index contributed by atoms with van der Waals surface area (Å²) in [6.45, 7) is 3.12. The van der Waals surface area contributed by atoms with Gasteiger partial charge < -0.3 is 27.4 Å². The van der Waals surface area contributed by atoms with Crippen molar-refractivity contribution in [3.8, 4) is 11.3 Å². The minimum absolute atomic E-state index is 0.185. The number of benzene rings is 1. The van der Waals surface area contributed by atoms with E-state index in [0.29, 0.717) is 35.6 Å². The number of nitrogens with one attached hydrogen (secondary N) is 3. The molecule has 1 aliphatic heterocycles. The molecule has 152 valence electrons. The van der Waals surface area contributed by atoms with Gasteiger partial charge in [0.15, 0.2) is 5.96 Å². The van der Waals surface area contributed by atoms with Crippen LogP contribution in [0.2, 0.25) is 5.02 Å². The summed E-state index contributed by atoms with van der Waals surface area (Å²) < 4.78 is 0. The van der Waals surface area contributed by atoms with Gasteiger partial charge in [0, 0.05) is 35.9 Å². The SMILES string of the molecule is Cc1c(Cl)cccc1-c1cc(NCCCN=C2NC=CC(C(N)=O)N2)nc(N)n1. The quantitative estimate of drug-likeness (QED) is 0.431. The molecular formula is C19H23ClN8O. The molecule has 0 saturated heterocycles. The smallest absolute Gasteiger partial charge is 0.244 e. The summed E-state index contributed by atoms with van der Waals surface area (Å²) in [7, 11) is 0. The molecule has 0 aliphatic carbocycles. The maximum absolute atomic E-state index is 11.2. The summed E-state index contributed by atoms with van der Waals surface area (Å²) >= 11 is 6.21. The van der Waals surface area contributed by atoms with Crippen LogP contribution in [0, 0.1) is 6.92 Å². The highest BCUT2D eigenvalue weighted by atomic mass is 35.5. The van der Waals surface area contributed by atoms with Gasteiger partial charge in [0.1, 0.15) is 11.9 Å². The third kappa shape index (κ3) is 5.35. The molecule has 10 heteroatoms. The predicted octanol–water partition coefficient (Wildman–Crippen LogP) is 1.41. The van der Waals surface area contributed by atoms with Gasteiger partial charge >= 0.3 is 0 Å². The van der Waals surface area contributed by atoms with E-state index in [4.69, 9.17) is 23.1 Å². The van der Waals surface area contributed by atoms with Gasteiger partial charge in [0.2, 0.25) is 11.9 Å². The second-order valence-electron chi connectivity index (χ2n) is 6.45. The summed E-state index contributed by atoms with van der Waals surface area (Å²) in [6.07, 6.45) is 4.03. The molecule has 2 heterocycles. The Balaban J connectivity index is 1.57. The number of guanidine groups is 1. The third-order valence-electron chi connectivity index (χ3n) is 4.31. The molecule has 1 aromatic carbocycles. The van der Waals surface area contributed by atoms with Gasteiger partial charge in [-0.25, -0.2) is 4.98 Å². The van der Waals surface area contributed by atoms with Crippen molar-refractivity contribution in [3.63, 3.8) is 0 Å². The lowest BCUT2D eigenvalue weighted by Crippen LogP contribution is -2.50. The van der Waals surface area contributed by atoms with E-state index < -0.39 is 11.9 Å². The number of anilines is 2. The summed E-state index contributed by atoms with van der Waals surface area (Å²) in [4.78, 5) is 24.1. The lowest BCUT2D eigenvalue weighted by Gasteiger charge is -2.19. The van der Waals surface area contributed by atoms with E-state index in [2.05, 4.69) is 30.9 Å². The van der Waals surface area contributed by atoms with E-state index >= 15 is 0 Å². The fourth-order valence-corrected chi connectivity index (χ4v) is 2.96. The van der Waals surface area contributed by atoms with Crippen LogP contribution in [0.15, 0.2) is 41.5 Å². The van der Waals surface area contributed by atoms with Gasteiger partial charge in [-0.1, -0.05) is 23.7 Å². The Hall–Kier alpha value is -3.33. The predicted molar refractivity (Wildman–Crippen MR) is 115 cm³/mol. The lowest BCUT2D eigenvalue weighted by atomic mass is 10.1. The highest BCUT2D eigenvalue weighted by Gasteiger charge is 2.16. The fraction of sp³-hybridized carbons (Fsp3) is 0.263. The standard InChI is InChI=1S/C19H23ClN8O/c1-11-12(4-2-5-13(11)20)15-10-16(28-18(22)26-15)23-7-3-8-24-19-25-9-6-14(27-19)17(21)29/h2,4-6,9-10,14H,3,7-8H2,1H3,(H2,21,29)(H2,24,25,27)(H3,22,23,26,28). The normalized spacial score (nSPS) is 16.9. The van der Waals surface area contributed by atoms with Gasteiger partial charge in [0.05, 0.1) is 5.69 Å². The van der Waals surface area contributed by atoms with Crippen LogP contribution in [0.4, 0.5) is 11.8 Å². The molecule has 29 heavy (non-hydrogen) atoms. The Morgan fingerprint density at radius 3 is 3.00 bits per heavy atom. The van der Waals surface area contributed by atoms with Crippen LogP contribution in [0.25, 0.3) is 11.3 Å². The minimum atomic E-state index is -0.550. The molecule has 7 N–H and O–H groups in total. The van der Waals surface area contributed by atoms with Crippen LogP contribution in [0.1, 0.15) is 12.0 Å². The molecule has 9 nitrogen and oxygen atoms in total. The van der Waals surface area contributed by atoms with Gasteiger partial charge in [-0.15, -0.1) is 0 Å². The molecule has 2 aromatic rings. The number of amides is 1. The van der Waals surface area contributed by atoms with Crippen LogP contribution >= 0.6 is 11.6 Å². The average Bonchev–Trinajstić information content (AvgIpc) is 2.69. The first-order chi connectivity index (χ1) is 13.9. The van der Waals surface area contributed by atoms with Gasteiger partial charge in [0.25, 0.3) is 0 Å². The monoisotopic (exact) mass is 414 g/mol. The summed E-state index contributed by atoms with van der Waals surface area (Å²) in [5.41, 5.74) is 13.7. The van der Waals surface area contributed by atoms with E-state index in [1.165, 1.54) is 0 Å². The van der Waals surface area contributed by atoms with Gasteiger partial charge in [-0.3, -0.25) is 9.79 Å². The molecule has 1 aliphatic rings. The number of rotatable bonds is 7. The molecule has 1 amide bonds. The number of primary amides is 1. The Labute approximate surface area is 173 Å². The van der Waals surface area contributed by atoms with Crippen LogP contribution < -0.4 is 27.4 Å². The first-order valence-corrected chi connectivity index (χ1v) is 9.49. The number of hydrogen-bond acceptors (Lipinski definition) is 6. The van der Waals surface area contributed by atoms with E-state index in [-0.39, 0.29) is 5.95 Å². The number of aromatic nitrogens is 2. The molecule has 1 aromatic heterocycles. The molecule has 0 radical (unpaired) electrons. The number of aliphatic imine (C=N–C) groups is 1. The zero-order chi connectivity index (χ0) is 20.8. The van der Waals surface area contributed by atoms with Gasteiger partial charge in [-0.2, -0.15) is 4.98 Å². The number of hydrogen-bond donors (Lipinski definition) is 5. The Morgan fingerprint density at radius 2 is 2.21 bits per heavy atom. The zero-order valence-corrected chi connectivity index (χ0v) is 16.7. The maximum Gasteiger partial charge on any atom is 0.244 e. The molecular weight excluding hydrogens is 392 g/mol. The highest BCUT2D eigenvalue weighted by molar-refractivity contribution is 6.31. The van der Waals surface area contributed by atoms with Crippen molar-refractivity contribution in [1.29, 1.82) is 0 Å². The maximum atomic E-state index is 11.2. The van der Waals surface area contributed by atoms with Crippen LogP contribution in [-0.4, -0.2) is 41.0 Å². The van der Waals surface area contributed by atoms with Crippen molar-refractivity contribution >= 4 is 35.2 Å². The second kappa shape index (κ2) is 9.24. The van der Waals surface area contributed by atoms with Crippen molar-refractivity contribution < 1.29 is 4.79 Å². The molecule has 3 rings (SSSR count). The molecule has 0 fully saturated rings. The largest absolute Gasteiger partial charge is 0.370 e. The molecule has 1 atom stereocenters. The lowest BCUT2D eigenvalue weighted by molar-refractivity contribution is -0.118. The third-order valence-corrected chi connectivity index (χ3v) is 4.71. The number of nitrogens with two attached hydrogens (primary N) is 2. The van der Waals surface area contributed by atoms with Crippen molar-refractivity contribution in [1.82, 2.24) is 20.6 Å². The molecule has 0 saturated carbocycles. The molecule has 1 unspecified atom stereocenters. The number of halogens is 1. The van der Waals surface area contributed by atoms with E-state index in [0.717, 1.165) is 17.5 Å². The van der Waals surface area contributed by atoms with Crippen molar-refractivity contribution in [3.05, 3.63) is 47.1 Å². The van der Waals surface area contributed by atoms with E-state index in [1.807, 2.05) is 31.2 Å². The van der Waals surface area contributed by atoms with Crippen molar-refractivity contribution in [2.75, 3.05) is 24.1 Å². The van der Waals surface area contributed by atoms with Crippen LogP contribution in [0.3, 0.4) is 0 Å². The minimum Gasteiger partial charge on any atom is -0.370 e. The summed E-state index contributed by atoms with van der Waals surface area (Å²) in [5, 5.41) is 9.76. The Bertz CT molecular complexity index is 959. The first-order valence-electron chi connectivity index (χ1n) is 9.11. The Kier molecular flexibility index (Phi) is 6.50. The molecule has 0 bridgehead atoms. The number of nitrogen functional groups attached to an aromatic ring is 1. The van der Waals surface area contributed by atoms with E-state index in [1.54, 1.807) is 12.3 Å². The summed E-state index contributed by atoms with van der Waals surface area (Å²) in [5.74, 6) is 0.875. The molecule has 0 spiro atoms. The van der Waals surface area contributed by atoms with Crippen molar-refractivity contribution in [2.24, 2.45) is 10.7 Å². The van der Waals surface area contributed by atoms with Crippen LogP contribution in [-0.2, 0) is 4.79 Å². The average molecular weight is 415 g/mol. The van der Waals surface area contributed by atoms with Gasteiger partial charge in [-0.05, 0) is 31.1 Å². The number of carbonyl (C=O) groups excluding carboxylic acids is 1. The summed E-state index contributed by atoms with van der Waals surface area (Å²) in [6, 6.07) is 6.95. The van der Waals surface area contributed by atoms with Crippen LogP contribution in [0.5, 0.6) is 0 Å². The Morgan fingerprint density at radius 1 is 1.38 bits per heavy atom. The fourth-order valence-electron chi connectivity index (χ4n) is 2.78. The second-order valence-corrected chi connectivity index (χ2v) is 6.85. The first kappa shape index (κ1) is 20.4. The highest BCUT2D eigenvalue weighted by Crippen LogP contribution is 2.28.